The van der Waals surface area contributed by atoms with Gasteiger partial charge in [-0.25, -0.2) is 4.39 Å². The van der Waals surface area contributed by atoms with Gasteiger partial charge in [0.2, 0.25) is 0 Å². The van der Waals surface area contributed by atoms with Crippen molar-refractivity contribution in [2.24, 2.45) is 0 Å². The molecule has 0 spiro atoms. The molecule has 0 saturated carbocycles. The minimum Gasteiger partial charge on any atom is -0.417 e. The first-order valence-corrected chi connectivity index (χ1v) is 9.53. The van der Waals surface area contributed by atoms with Crippen molar-refractivity contribution in [1.29, 1.82) is 0 Å². The number of benzene rings is 1. The zero-order valence-corrected chi connectivity index (χ0v) is 12.1. The molecule has 0 saturated heterocycles. The minimum atomic E-state index is -1.46. The molecule has 0 radical (unpaired) electrons. The van der Waals surface area contributed by atoms with Gasteiger partial charge < -0.3 is 4.43 Å². The molecule has 17 heavy (non-hydrogen) atoms. The molecule has 0 aromatic heterocycles. The lowest BCUT2D eigenvalue weighted by Gasteiger charge is -2.22. The molecule has 1 nitrogen and oxygen atoms in total. The van der Waals surface area contributed by atoms with E-state index in [0.717, 1.165) is 18.6 Å². The Morgan fingerprint density at radius 3 is 2.41 bits per heavy atom. The van der Waals surface area contributed by atoms with Gasteiger partial charge in [0.05, 0.1) is 0 Å². The van der Waals surface area contributed by atoms with E-state index >= 15 is 0 Å². The van der Waals surface area contributed by atoms with E-state index in [0.29, 0.717) is 0 Å². The lowest BCUT2D eigenvalue weighted by Crippen LogP contribution is -2.30. The number of halogens is 1. The molecule has 0 aliphatic carbocycles. The smallest absolute Gasteiger partial charge is 0.186 e. The second-order valence-corrected chi connectivity index (χ2v) is 9.40. The molecular formula is C14H23FOSi. The third kappa shape index (κ3) is 5.98. The highest BCUT2D eigenvalue weighted by atomic mass is 28.4. The average molecular weight is 254 g/mol. The van der Waals surface area contributed by atoms with Crippen LogP contribution in [0, 0.1) is 5.82 Å². The first-order valence-electron chi connectivity index (χ1n) is 6.42. The van der Waals surface area contributed by atoms with Crippen LogP contribution in [0.15, 0.2) is 24.3 Å². The van der Waals surface area contributed by atoms with Gasteiger partial charge in [-0.3, -0.25) is 0 Å². The Labute approximate surface area is 105 Å². The van der Waals surface area contributed by atoms with Crippen molar-refractivity contribution in [3.63, 3.8) is 0 Å². The van der Waals surface area contributed by atoms with Crippen molar-refractivity contribution in [3.8, 4) is 0 Å². The molecule has 0 fully saturated rings. The van der Waals surface area contributed by atoms with Gasteiger partial charge in [-0.05, 0) is 43.3 Å². The van der Waals surface area contributed by atoms with Crippen LogP contribution in [0.2, 0.25) is 19.1 Å². The maximum absolute atomic E-state index is 12.7. The molecule has 0 N–H and O–H groups in total. The van der Waals surface area contributed by atoms with Gasteiger partial charge in [-0.2, -0.15) is 0 Å². The first-order chi connectivity index (χ1) is 8.03. The maximum atomic E-state index is 12.7. The number of hydrogen-bond donors (Lipinski definition) is 0. The predicted octanol–water partition coefficient (Wildman–Crippen LogP) is 4.39. The summed E-state index contributed by atoms with van der Waals surface area (Å²) in [6, 6.07) is 7.91. The molecule has 1 rings (SSSR count). The normalized spacial score (nSPS) is 11.8. The summed E-state index contributed by atoms with van der Waals surface area (Å²) in [5.74, 6) is -0.174. The lowest BCUT2D eigenvalue weighted by atomic mass is 10.2. The number of unbranched alkanes of at least 4 members (excludes halogenated alkanes) is 1. The molecule has 0 aliphatic heterocycles. The van der Waals surface area contributed by atoms with Crippen molar-refractivity contribution < 1.29 is 8.82 Å². The molecule has 0 atom stereocenters. The van der Waals surface area contributed by atoms with Crippen LogP contribution in [0.5, 0.6) is 0 Å². The Morgan fingerprint density at radius 2 is 1.82 bits per heavy atom. The van der Waals surface area contributed by atoms with Gasteiger partial charge in [0.15, 0.2) is 8.32 Å². The van der Waals surface area contributed by atoms with Gasteiger partial charge in [0.1, 0.15) is 5.82 Å². The van der Waals surface area contributed by atoms with Crippen LogP contribution in [-0.4, -0.2) is 14.9 Å². The lowest BCUT2D eigenvalue weighted by molar-refractivity contribution is 0.310. The topological polar surface area (TPSA) is 9.23 Å². The molecule has 0 bridgehead atoms. The molecule has 0 aliphatic rings. The second kappa shape index (κ2) is 6.92. The second-order valence-electron chi connectivity index (χ2n) is 5.09. The highest BCUT2D eigenvalue weighted by Gasteiger charge is 2.20. The molecule has 0 unspecified atom stereocenters. The average Bonchev–Trinajstić information content (AvgIpc) is 2.29. The van der Waals surface area contributed by atoms with Crippen LogP contribution >= 0.6 is 0 Å². The molecular weight excluding hydrogens is 231 g/mol. The van der Waals surface area contributed by atoms with E-state index in [2.05, 4.69) is 20.0 Å². The van der Waals surface area contributed by atoms with E-state index in [-0.39, 0.29) is 5.82 Å². The molecule has 1 aromatic carbocycles. The Balaban J connectivity index is 2.29. The third-order valence-corrected chi connectivity index (χ3v) is 5.47. The summed E-state index contributed by atoms with van der Waals surface area (Å²) >= 11 is 0. The fraction of sp³-hybridized carbons (Fsp3) is 0.571. The summed E-state index contributed by atoms with van der Waals surface area (Å²) < 4.78 is 18.7. The molecule has 0 heterocycles. The Morgan fingerprint density at radius 1 is 1.18 bits per heavy atom. The highest BCUT2D eigenvalue weighted by molar-refractivity contribution is 6.71. The van der Waals surface area contributed by atoms with Gasteiger partial charge >= 0.3 is 0 Å². The largest absolute Gasteiger partial charge is 0.417 e. The maximum Gasteiger partial charge on any atom is 0.186 e. The summed E-state index contributed by atoms with van der Waals surface area (Å²) in [6.45, 7) is 7.51. The van der Waals surface area contributed by atoms with Gasteiger partial charge in [0, 0.05) is 6.61 Å². The van der Waals surface area contributed by atoms with Crippen LogP contribution in [0.3, 0.4) is 0 Å². The van der Waals surface area contributed by atoms with E-state index < -0.39 is 8.32 Å². The Kier molecular flexibility index (Phi) is 5.85. The molecule has 0 amide bonds. The highest BCUT2D eigenvalue weighted by Crippen LogP contribution is 2.15. The van der Waals surface area contributed by atoms with Gasteiger partial charge in [-0.1, -0.05) is 31.9 Å². The van der Waals surface area contributed by atoms with Crippen LogP contribution in [0.4, 0.5) is 4.39 Å². The van der Waals surface area contributed by atoms with Crippen molar-refractivity contribution in [3.05, 3.63) is 35.6 Å². The fourth-order valence-corrected chi connectivity index (χ4v) is 3.77. The van der Waals surface area contributed by atoms with Crippen molar-refractivity contribution >= 4 is 8.32 Å². The van der Waals surface area contributed by atoms with E-state index in [1.807, 2.05) is 12.1 Å². The van der Waals surface area contributed by atoms with Gasteiger partial charge in [-0.15, -0.1) is 0 Å². The summed E-state index contributed by atoms with van der Waals surface area (Å²) in [5, 5.41) is 0. The Hall–Kier alpha value is -0.673. The molecule has 96 valence electrons. The standard InChI is InChI=1S/C14H23FOSi/c1-4-5-12-17(2,3)16-11-10-13-6-8-14(15)9-7-13/h6-9H,4-5,10-12H2,1-3H3. The fourth-order valence-electron chi connectivity index (χ4n) is 1.77. The van der Waals surface area contributed by atoms with Crippen LogP contribution in [0.1, 0.15) is 25.3 Å². The quantitative estimate of drug-likeness (QED) is 0.656. The van der Waals surface area contributed by atoms with Gasteiger partial charge in [0.25, 0.3) is 0 Å². The zero-order valence-electron chi connectivity index (χ0n) is 11.1. The molecule has 1 aromatic rings. The summed E-state index contributed by atoms with van der Waals surface area (Å²) in [7, 11) is -1.46. The SMILES string of the molecule is CCCC[Si](C)(C)OCCc1ccc(F)cc1. The minimum absolute atomic E-state index is 0.174. The summed E-state index contributed by atoms with van der Waals surface area (Å²) in [6.07, 6.45) is 3.37. The van der Waals surface area contributed by atoms with E-state index in [9.17, 15) is 4.39 Å². The first kappa shape index (κ1) is 14.4. The predicted molar refractivity (Wildman–Crippen MR) is 73.3 cm³/mol. The zero-order chi connectivity index (χ0) is 12.7. The van der Waals surface area contributed by atoms with Crippen molar-refractivity contribution in [2.45, 2.75) is 45.3 Å². The Bertz CT molecular complexity index is 321. The monoisotopic (exact) mass is 254 g/mol. The van der Waals surface area contributed by atoms with Crippen molar-refractivity contribution in [1.82, 2.24) is 0 Å². The van der Waals surface area contributed by atoms with Crippen LogP contribution < -0.4 is 0 Å². The van der Waals surface area contributed by atoms with E-state index in [1.165, 1.54) is 31.0 Å². The van der Waals surface area contributed by atoms with Crippen molar-refractivity contribution in [2.75, 3.05) is 6.61 Å². The van der Waals surface area contributed by atoms with Crippen LogP contribution in [0.25, 0.3) is 0 Å². The molecule has 3 heteroatoms. The summed E-state index contributed by atoms with van der Waals surface area (Å²) in [5.41, 5.74) is 1.15. The third-order valence-electron chi connectivity index (χ3n) is 2.93. The van der Waals surface area contributed by atoms with Crippen LogP contribution in [-0.2, 0) is 10.8 Å². The number of hydrogen-bond acceptors (Lipinski definition) is 1. The number of rotatable bonds is 7. The van der Waals surface area contributed by atoms with E-state index in [4.69, 9.17) is 4.43 Å². The van der Waals surface area contributed by atoms with E-state index in [1.54, 1.807) is 0 Å². The summed E-state index contributed by atoms with van der Waals surface area (Å²) in [4.78, 5) is 0.